The number of hydrogen-bond acceptors (Lipinski definition) is 2. The molecule has 0 N–H and O–H groups in total. The molecule has 1 aromatic rings. The Morgan fingerprint density at radius 1 is 0.941 bits per heavy atom. The van der Waals surface area contributed by atoms with Crippen molar-refractivity contribution in [2.24, 2.45) is 0 Å². The van der Waals surface area contributed by atoms with Crippen LogP contribution in [0.5, 0.6) is 0 Å². The van der Waals surface area contributed by atoms with Crippen LogP contribution in [0.1, 0.15) is 71.5 Å². The molecule has 0 saturated carbocycles. The Morgan fingerprint density at radius 3 is 2.12 bits per heavy atom. The maximum atomic E-state index is 4.47. The van der Waals surface area contributed by atoms with E-state index in [1.165, 1.54) is 44.9 Å². The van der Waals surface area contributed by atoms with Gasteiger partial charge in [-0.2, -0.15) is 0 Å². The molecule has 0 aliphatic rings. The van der Waals surface area contributed by atoms with Crippen LogP contribution in [0.4, 0.5) is 0 Å². The molecule has 1 heterocycles. The van der Waals surface area contributed by atoms with Crippen molar-refractivity contribution in [2.75, 3.05) is 0 Å². The predicted octanol–water partition coefficient (Wildman–Crippen LogP) is 4.50. The second-order valence-corrected chi connectivity index (χ2v) is 5.19. The van der Waals surface area contributed by atoms with Crippen molar-refractivity contribution in [1.29, 1.82) is 0 Å². The Labute approximate surface area is 106 Å². The van der Waals surface area contributed by atoms with Gasteiger partial charge in [0.25, 0.3) is 0 Å². The van der Waals surface area contributed by atoms with Crippen LogP contribution in [0.15, 0.2) is 18.5 Å². The van der Waals surface area contributed by atoms with Crippen LogP contribution in [-0.4, -0.2) is 9.97 Å². The summed E-state index contributed by atoms with van der Waals surface area (Å²) >= 11 is 0. The van der Waals surface area contributed by atoms with E-state index in [0.29, 0.717) is 0 Å². The lowest BCUT2D eigenvalue weighted by atomic mass is 9.79. The van der Waals surface area contributed by atoms with E-state index < -0.39 is 0 Å². The standard InChI is InChI=1S/C15H26N2/c1-4-6-8-11-15(3,10-7-5-2)14-16-12-9-13-17-14/h9,12-13H,4-8,10-11H2,1-3H3. The average molecular weight is 234 g/mol. The van der Waals surface area contributed by atoms with Gasteiger partial charge >= 0.3 is 0 Å². The molecular formula is C15H26N2. The van der Waals surface area contributed by atoms with Crippen molar-refractivity contribution in [3.8, 4) is 0 Å². The Morgan fingerprint density at radius 2 is 1.53 bits per heavy atom. The van der Waals surface area contributed by atoms with Crippen molar-refractivity contribution in [3.05, 3.63) is 24.3 Å². The quantitative estimate of drug-likeness (QED) is 0.619. The zero-order valence-electron chi connectivity index (χ0n) is 11.6. The highest BCUT2D eigenvalue weighted by Crippen LogP contribution is 2.32. The number of nitrogens with zero attached hydrogens (tertiary/aromatic N) is 2. The van der Waals surface area contributed by atoms with Gasteiger partial charge in [0.05, 0.1) is 0 Å². The molecular weight excluding hydrogens is 208 g/mol. The zero-order chi connectivity index (χ0) is 12.6. The van der Waals surface area contributed by atoms with Crippen molar-refractivity contribution < 1.29 is 0 Å². The molecule has 1 atom stereocenters. The highest BCUT2D eigenvalue weighted by atomic mass is 14.9. The minimum absolute atomic E-state index is 0.173. The Hall–Kier alpha value is -0.920. The second-order valence-electron chi connectivity index (χ2n) is 5.19. The normalized spacial score (nSPS) is 14.5. The van der Waals surface area contributed by atoms with Gasteiger partial charge < -0.3 is 0 Å². The SMILES string of the molecule is CCCCCC(C)(CCCC)c1ncccn1. The molecule has 0 radical (unpaired) electrons. The first kappa shape index (κ1) is 14.1. The summed E-state index contributed by atoms with van der Waals surface area (Å²) < 4.78 is 0. The van der Waals surface area contributed by atoms with E-state index in [1.54, 1.807) is 0 Å². The molecule has 17 heavy (non-hydrogen) atoms. The van der Waals surface area contributed by atoms with E-state index in [9.17, 15) is 0 Å². The van der Waals surface area contributed by atoms with E-state index in [1.807, 2.05) is 18.5 Å². The molecule has 1 rings (SSSR count). The molecule has 2 heteroatoms. The third kappa shape index (κ3) is 4.45. The topological polar surface area (TPSA) is 25.8 Å². The maximum absolute atomic E-state index is 4.47. The summed E-state index contributed by atoms with van der Waals surface area (Å²) in [7, 11) is 0. The second kappa shape index (κ2) is 7.41. The maximum Gasteiger partial charge on any atom is 0.134 e. The third-order valence-corrected chi connectivity index (χ3v) is 3.52. The molecule has 1 unspecified atom stereocenters. The summed E-state index contributed by atoms with van der Waals surface area (Å²) in [6.45, 7) is 6.83. The van der Waals surface area contributed by atoms with Crippen LogP contribution in [-0.2, 0) is 5.41 Å². The van der Waals surface area contributed by atoms with Crippen molar-refractivity contribution >= 4 is 0 Å². The van der Waals surface area contributed by atoms with Crippen molar-refractivity contribution in [1.82, 2.24) is 9.97 Å². The molecule has 0 saturated heterocycles. The predicted molar refractivity (Wildman–Crippen MR) is 73.1 cm³/mol. The van der Waals surface area contributed by atoms with Gasteiger partial charge in [-0.3, -0.25) is 0 Å². The number of unbranched alkanes of at least 4 members (excludes halogenated alkanes) is 3. The van der Waals surface area contributed by atoms with Gasteiger partial charge in [0.2, 0.25) is 0 Å². The molecule has 2 nitrogen and oxygen atoms in total. The van der Waals surface area contributed by atoms with Gasteiger partial charge in [0, 0.05) is 17.8 Å². The monoisotopic (exact) mass is 234 g/mol. The molecule has 0 fully saturated rings. The van der Waals surface area contributed by atoms with Crippen LogP contribution in [0.25, 0.3) is 0 Å². The van der Waals surface area contributed by atoms with Crippen LogP contribution in [0.2, 0.25) is 0 Å². The lowest BCUT2D eigenvalue weighted by Gasteiger charge is -2.28. The van der Waals surface area contributed by atoms with E-state index in [-0.39, 0.29) is 5.41 Å². The number of rotatable bonds is 8. The zero-order valence-corrected chi connectivity index (χ0v) is 11.6. The summed E-state index contributed by atoms with van der Waals surface area (Å²) in [5, 5.41) is 0. The minimum atomic E-state index is 0.173. The van der Waals surface area contributed by atoms with E-state index >= 15 is 0 Å². The first-order chi connectivity index (χ1) is 8.23. The van der Waals surface area contributed by atoms with E-state index in [0.717, 1.165) is 5.82 Å². The highest BCUT2D eigenvalue weighted by Gasteiger charge is 2.28. The lowest BCUT2D eigenvalue weighted by Crippen LogP contribution is -2.25. The Balaban J connectivity index is 2.70. The molecule has 1 aromatic heterocycles. The lowest BCUT2D eigenvalue weighted by molar-refractivity contribution is 0.351. The Bertz CT molecular complexity index is 297. The van der Waals surface area contributed by atoms with Crippen molar-refractivity contribution in [2.45, 2.75) is 71.1 Å². The van der Waals surface area contributed by atoms with Gasteiger partial charge in [0.1, 0.15) is 5.82 Å². The molecule has 0 spiro atoms. The fraction of sp³-hybridized carbons (Fsp3) is 0.733. The summed E-state index contributed by atoms with van der Waals surface area (Å²) in [6, 6.07) is 1.90. The molecule has 0 bridgehead atoms. The van der Waals surface area contributed by atoms with Gasteiger partial charge in [-0.25, -0.2) is 9.97 Å². The van der Waals surface area contributed by atoms with Gasteiger partial charge in [-0.15, -0.1) is 0 Å². The highest BCUT2D eigenvalue weighted by molar-refractivity contribution is 5.05. The van der Waals surface area contributed by atoms with E-state index in [2.05, 4.69) is 30.7 Å². The largest absolute Gasteiger partial charge is 0.241 e. The van der Waals surface area contributed by atoms with Gasteiger partial charge in [-0.05, 0) is 18.9 Å². The molecule has 0 aliphatic carbocycles. The first-order valence-electron chi connectivity index (χ1n) is 7.00. The first-order valence-corrected chi connectivity index (χ1v) is 7.00. The smallest absolute Gasteiger partial charge is 0.134 e. The molecule has 0 aliphatic heterocycles. The minimum Gasteiger partial charge on any atom is -0.241 e. The fourth-order valence-electron chi connectivity index (χ4n) is 2.29. The number of aromatic nitrogens is 2. The summed E-state index contributed by atoms with van der Waals surface area (Å²) in [6.07, 6.45) is 12.5. The number of hydrogen-bond donors (Lipinski definition) is 0. The average Bonchev–Trinajstić information content (AvgIpc) is 2.38. The summed E-state index contributed by atoms with van der Waals surface area (Å²) in [5.41, 5.74) is 0.173. The molecule has 96 valence electrons. The third-order valence-electron chi connectivity index (χ3n) is 3.52. The summed E-state index contributed by atoms with van der Waals surface area (Å²) in [4.78, 5) is 8.94. The van der Waals surface area contributed by atoms with Crippen LogP contribution >= 0.6 is 0 Å². The molecule has 0 aromatic carbocycles. The summed E-state index contributed by atoms with van der Waals surface area (Å²) in [5.74, 6) is 1.03. The van der Waals surface area contributed by atoms with Gasteiger partial charge in [0.15, 0.2) is 0 Å². The molecule has 0 amide bonds. The van der Waals surface area contributed by atoms with Crippen molar-refractivity contribution in [3.63, 3.8) is 0 Å². The fourth-order valence-corrected chi connectivity index (χ4v) is 2.29. The van der Waals surface area contributed by atoms with E-state index in [4.69, 9.17) is 0 Å². The van der Waals surface area contributed by atoms with Crippen LogP contribution in [0.3, 0.4) is 0 Å². The Kier molecular flexibility index (Phi) is 6.17. The van der Waals surface area contributed by atoms with Crippen LogP contribution in [0, 0.1) is 0 Å². The van der Waals surface area contributed by atoms with Crippen LogP contribution < -0.4 is 0 Å². The van der Waals surface area contributed by atoms with Gasteiger partial charge in [-0.1, -0.05) is 52.9 Å².